The Kier molecular flexibility index (Phi) is 6.03. The van der Waals surface area contributed by atoms with Crippen LogP contribution in [0.4, 0.5) is 10.1 Å². The fraction of sp³-hybridized carbons (Fsp3) is 0.211. The van der Waals surface area contributed by atoms with E-state index in [1.165, 1.54) is 6.07 Å². The van der Waals surface area contributed by atoms with Gasteiger partial charge in [0.25, 0.3) is 0 Å². The zero-order valence-corrected chi connectivity index (χ0v) is 15.9. The van der Waals surface area contributed by atoms with E-state index < -0.39 is 5.82 Å². The van der Waals surface area contributed by atoms with Crippen LogP contribution in [-0.2, 0) is 6.42 Å². The molecular formula is C19H20ClFN2OS. The number of anilines is 1. The van der Waals surface area contributed by atoms with E-state index in [4.69, 9.17) is 40.0 Å². The average molecular weight is 379 g/mol. The van der Waals surface area contributed by atoms with Crippen LogP contribution in [0.2, 0.25) is 5.02 Å². The predicted octanol–water partition coefficient (Wildman–Crippen LogP) is 4.97. The van der Waals surface area contributed by atoms with E-state index in [0.29, 0.717) is 11.3 Å². The van der Waals surface area contributed by atoms with Gasteiger partial charge in [-0.25, -0.2) is 4.39 Å². The van der Waals surface area contributed by atoms with Gasteiger partial charge in [-0.15, -0.1) is 0 Å². The molecule has 0 heterocycles. The number of aryl methyl sites for hydroxylation is 1. The molecule has 2 aromatic rings. The van der Waals surface area contributed by atoms with Crippen molar-refractivity contribution >= 4 is 40.6 Å². The van der Waals surface area contributed by atoms with Gasteiger partial charge in [0.15, 0.2) is 5.82 Å². The van der Waals surface area contributed by atoms with Crippen LogP contribution >= 0.6 is 23.8 Å². The molecule has 0 fully saturated rings. The summed E-state index contributed by atoms with van der Waals surface area (Å²) in [5.41, 5.74) is 14.3. The summed E-state index contributed by atoms with van der Waals surface area (Å²) in [6.45, 7) is 3.92. The second kappa shape index (κ2) is 7.85. The van der Waals surface area contributed by atoms with Crippen molar-refractivity contribution in [2.75, 3.05) is 12.8 Å². The molecule has 0 amide bonds. The highest BCUT2D eigenvalue weighted by Crippen LogP contribution is 2.40. The molecule has 25 heavy (non-hydrogen) atoms. The van der Waals surface area contributed by atoms with Gasteiger partial charge in [-0.3, -0.25) is 0 Å². The van der Waals surface area contributed by atoms with E-state index in [9.17, 15) is 0 Å². The lowest BCUT2D eigenvalue weighted by Gasteiger charge is -2.18. The maximum atomic E-state index is 15.1. The van der Waals surface area contributed by atoms with Crippen molar-refractivity contribution in [3.8, 4) is 16.9 Å². The average Bonchev–Trinajstić information content (AvgIpc) is 2.59. The van der Waals surface area contributed by atoms with E-state index >= 15 is 4.39 Å². The molecule has 132 valence electrons. The Bertz CT molecular complexity index is 865. The van der Waals surface area contributed by atoms with Crippen molar-refractivity contribution < 1.29 is 9.13 Å². The highest BCUT2D eigenvalue weighted by atomic mass is 35.5. The van der Waals surface area contributed by atoms with E-state index in [2.05, 4.69) is 0 Å². The maximum Gasteiger partial charge on any atom is 0.156 e. The van der Waals surface area contributed by atoms with Crippen molar-refractivity contribution in [3.63, 3.8) is 0 Å². The van der Waals surface area contributed by atoms with Crippen molar-refractivity contribution in [1.29, 1.82) is 0 Å². The highest BCUT2D eigenvalue weighted by Gasteiger charge is 2.21. The summed E-state index contributed by atoms with van der Waals surface area (Å²) >= 11 is 11.3. The highest BCUT2D eigenvalue weighted by molar-refractivity contribution is 7.80. The minimum Gasteiger partial charge on any atom is -0.497 e. The van der Waals surface area contributed by atoms with Gasteiger partial charge in [0, 0.05) is 11.1 Å². The first kappa shape index (κ1) is 19.2. The van der Waals surface area contributed by atoms with Gasteiger partial charge in [-0.1, -0.05) is 42.9 Å². The second-order valence-corrected chi connectivity index (χ2v) is 6.32. The minimum atomic E-state index is -0.642. The van der Waals surface area contributed by atoms with E-state index in [1.807, 2.05) is 32.1 Å². The first-order valence-electron chi connectivity index (χ1n) is 7.76. The molecule has 0 atom stereocenters. The quantitative estimate of drug-likeness (QED) is 0.569. The zero-order valence-electron chi connectivity index (χ0n) is 14.3. The van der Waals surface area contributed by atoms with Gasteiger partial charge in [0.05, 0.1) is 17.8 Å². The SMILES string of the molecule is C/C=C\c1c(CC)cc(OC)cc1-c1c(Cl)cc(C(N)=S)c(N)c1F. The maximum absolute atomic E-state index is 15.1. The lowest BCUT2D eigenvalue weighted by atomic mass is 9.92. The molecule has 0 bridgehead atoms. The van der Waals surface area contributed by atoms with E-state index in [0.717, 1.165) is 17.5 Å². The zero-order chi connectivity index (χ0) is 18.7. The van der Waals surface area contributed by atoms with Crippen LogP contribution in [0.3, 0.4) is 0 Å². The monoisotopic (exact) mass is 378 g/mol. The number of hydrogen-bond donors (Lipinski definition) is 2. The standard InChI is InChI=1S/C19H20ClFN2OS/c1-4-6-12-10(5-2)7-11(24-3)8-13(12)16-15(20)9-14(19(23)25)18(22)17(16)21/h4,6-9H,5,22H2,1-3H3,(H2,23,25)/b6-4-. The molecule has 0 saturated heterocycles. The number of allylic oxidation sites excluding steroid dienone is 1. The van der Waals surface area contributed by atoms with Gasteiger partial charge in [0.1, 0.15) is 10.7 Å². The van der Waals surface area contributed by atoms with Crippen LogP contribution < -0.4 is 16.2 Å². The topological polar surface area (TPSA) is 61.3 Å². The molecule has 4 N–H and O–H groups in total. The summed E-state index contributed by atoms with van der Waals surface area (Å²) in [6.07, 6.45) is 4.56. The number of halogens is 2. The third-order valence-electron chi connectivity index (χ3n) is 3.98. The summed E-state index contributed by atoms with van der Waals surface area (Å²) in [5.74, 6) is -0.0241. The first-order valence-corrected chi connectivity index (χ1v) is 8.55. The second-order valence-electron chi connectivity index (χ2n) is 5.47. The Morgan fingerprint density at radius 2 is 2.04 bits per heavy atom. The summed E-state index contributed by atoms with van der Waals surface area (Å²) in [4.78, 5) is -0.00147. The third-order valence-corrected chi connectivity index (χ3v) is 4.50. The van der Waals surface area contributed by atoms with E-state index in [1.54, 1.807) is 13.2 Å². The van der Waals surface area contributed by atoms with Gasteiger partial charge >= 0.3 is 0 Å². The fourth-order valence-corrected chi connectivity index (χ4v) is 3.21. The van der Waals surface area contributed by atoms with Crippen molar-refractivity contribution in [3.05, 3.63) is 51.8 Å². The molecule has 0 unspecified atom stereocenters. The molecule has 0 saturated carbocycles. The Hall–Kier alpha value is -2.11. The molecule has 0 spiro atoms. The molecule has 3 nitrogen and oxygen atoms in total. The number of benzene rings is 2. The van der Waals surface area contributed by atoms with Gasteiger partial charge < -0.3 is 16.2 Å². The number of nitrogens with two attached hydrogens (primary N) is 2. The van der Waals surface area contributed by atoms with Crippen LogP contribution in [0.15, 0.2) is 24.3 Å². The Labute approximate surface area is 157 Å². The number of hydrogen-bond acceptors (Lipinski definition) is 3. The van der Waals surface area contributed by atoms with Crippen molar-refractivity contribution in [1.82, 2.24) is 0 Å². The van der Waals surface area contributed by atoms with Gasteiger partial charge in [0.2, 0.25) is 0 Å². The molecule has 0 aliphatic heterocycles. The molecule has 0 aliphatic carbocycles. The predicted molar refractivity (Wildman–Crippen MR) is 108 cm³/mol. The molecule has 0 aliphatic rings. The number of rotatable bonds is 5. The Balaban J connectivity index is 2.90. The van der Waals surface area contributed by atoms with Gasteiger partial charge in [-0.05, 0) is 48.2 Å². The molecule has 2 aromatic carbocycles. The molecule has 0 radical (unpaired) electrons. The summed E-state index contributed by atoms with van der Waals surface area (Å²) < 4.78 is 20.4. The fourth-order valence-electron chi connectivity index (χ4n) is 2.75. The summed E-state index contributed by atoms with van der Waals surface area (Å²) in [6, 6.07) is 5.18. The van der Waals surface area contributed by atoms with Crippen molar-refractivity contribution in [2.45, 2.75) is 20.3 Å². The van der Waals surface area contributed by atoms with Crippen LogP contribution in [0.25, 0.3) is 17.2 Å². The van der Waals surface area contributed by atoms with E-state index in [-0.39, 0.29) is 26.8 Å². The molecule has 2 rings (SSSR count). The Morgan fingerprint density at radius 3 is 2.56 bits per heavy atom. The minimum absolute atomic E-state index is 0.00147. The molecule has 6 heteroatoms. The smallest absolute Gasteiger partial charge is 0.156 e. The lowest BCUT2D eigenvalue weighted by Crippen LogP contribution is -2.14. The number of nitrogen functional groups attached to an aromatic ring is 1. The van der Waals surface area contributed by atoms with Crippen LogP contribution in [0.5, 0.6) is 5.75 Å². The van der Waals surface area contributed by atoms with Gasteiger partial charge in [-0.2, -0.15) is 0 Å². The third kappa shape index (κ3) is 3.62. The van der Waals surface area contributed by atoms with Crippen molar-refractivity contribution in [2.24, 2.45) is 5.73 Å². The number of ether oxygens (including phenoxy) is 1. The van der Waals surface area contributed by atoms with Crippen LogP contribution in [-0.4, -0.2) is 12.1 Å². The number of methoxy groups -OCH3 is 1. The lowest BCUT2D eigenvalue weighted by molar-refractivity contribution is 0.414. The van der Waals surface area contributed by atoms with Crippen LogP contribution in [0.1, 0.15) is 30.5 Å². The Morgan fingerprint density at radius 1 is 1.36 bits per heavy atom. The molecule has 0 aromatic heterocycles. The number of thiocarbonyl (C=S) groups is 1. The normalized spacial score (nSPS) is 11.1. The summed E-state index contributed by atoms with van der Waals surface area (Å²) in [7, 11) is 1.57. The first-order chi connectivity index (χ1) is 11.8. The largest absolute Gasteiger partial charge is 0.497 e. The van der Waals surface area contributed by atoms with Crippen LogP contribution in [0, 0.1) is 5.82 Å². The molecular weight excluding hydrogens is 359 g/mol. The summed E-state index contributed by atoms with van der Waals surface area (Å²) in [5, 5.41) is 0.190.